The third kappa shape index (κ3) is 5.22. The lowest BCUT2D eigenvalue weighted by atomic mass is 10.1. The predicted octanol–water partition coefficient (Wildman–Crippen LogP) is 1.21. The zero-order chi connectivity index (χ0) is 10.8. The van der Waals surface area contributed by atoms with Crippen molar-refractivity contribution in [2.75, 3.05) is 6.54 Å². The summed E-state index contributed by atoms with van der Waals surface area (Å²) in [5.74, 6) is -0.873. The molecule has 0 aromatic carbocycles. The number of nitrogens with one attached hydrogen (secondary N) is 1. The first-order valence-electron chi connectivity index (χ1n) is 4.48. The third-order valence-electron chi connectivity index (χ3n) is 2.31. The first kappa shape index (κ1) is 14.5. The van der Waals surface area contributed by atoms with E-state index in [2.05, 4.69) is 0 Å². The van der Waals surface area contributed by atoms with Crippen molar-refractivity contribution in [1.82, 2.24) is 5.32 Å². The van der Waals surface area contributed by atoms with Crippen LogP contribution in [0.15, 0.2) is 0 Å². The highest BCUT2D eigenvalue weighted by molar-refractivity contribution is 5.85. The van der Waals surface area contributed by atoms with E-state index in [4.69, 9.17) is 5.73 Å². The quantitative estimate of drug-likeness (QED) is 0.770. The molecule has 1 aliphatic rings. The molecule has 3 nitrogen and oxygen atoms in total. The Kier molecular flexibility index (Phi) is 5.37. The lowest BCUT2D eigenvalue weighted by Gasteiger charge is -2.12. The van der Waals surface area contributed by atoms with Crippen molar-refractivity contribution in [2.45, 2.75) is 31.5 Å². The average Bonchev–Trinajstić information content (AvgIpc) is 2.46. The molecule has 2 unspecified atom stereocenters. The number of carbonyl (C=O) groups is 1. The second kappa shape index (κ2) is 5.55. The van der Waals surface area contributed by atoms with Crippen LogP contribution in [0.25, 0.3) is 0 Å². The normalized spacial score (nSPS) is 25.9. The molecule has 0 bridgehead atoms. The Morgan fingerprint density at radius 3 is 2.40 bits per heavy atom. The summed E-state index contributed by atoms with van der Waals surface area (Å²) in [6.07, 6.45) is -2.55. The van der Waals surface area contributed by atoms with Crippen LogP contribution >= 0.6 is 12.4 Å². The van der Waals surface area contributed by atoms with Gasteiger partial charge in [-0.05, 0) is 19.3 Å². The zero-order valence-corrected chi connectivity index (χ0v) is 8.83. The van der Waals surface area contributed by atoms with Crippen molar-refractivity contribution in [1.29, 1.82) is 0 Å². The van der Waals surface area contributed by atoms with E-state index in [9.17, 15) is 18.0 Å². The van der Waals surface area contributed by atoms with E-state index in [0.717, 1.165) is 0 Å². The van der Waals surface area contributed by atoms with E-state index in [1.165, 1.54) is 0 Å². The van der Waals surface area contributed by atoms with Gasteiger partial charge in [-0.2, -0.15) is 13.2 Å². The number of nitrogens with two attached hydrogens (primary N) is 1. The summed E-state index contributed by atoms with van der Waals surface area (Å²) in [4.78, 5) is 11.2. The molecule has 7 heteroatoms. The van der Waals surface area contributed by atoms with Crippen molar-refractivity contribution < 1.29 is 18.0 Å². The first-order chi connectivity index (χ1) is 6.38. The van der Waals surface area contributed by atoms with E-state index in [1.54, 1.807) is 0 Å². The standard InChI is InChI=1S/C8H13F3N2O.ClH/c9-8(10,11)4-13-7(14)5-1-2-6(12)3-5;/h5-6H,1-4,12H2,(H,13,14);1H. The number of alkyl halides is 3. The van der Waals surface area contributed by atoms with Gasteiger partial charge in [0.15, 0.2) is 0 Å². The molecule has 0 saturated heterocycles. The molecule has 1 aliphatic carbocycles. The molecule has 3 N–H and O–H groups in total. The number of hydrogen-bond donors (Lipinski definition) is 2. The second-order valence-corrected chi connectivity index (χ2v) is 3.60. The molecule has 0 aliphatic heterocycles. The molecule has 0 aromatic rings. The Morgan fingerprint density at radius 1 is 1.40 bits per heavy atom. The zero-order valence-electron chi connectivity index (χ0n) is 8.01. The molecule has 0 spiro atoms. The summed E-state index contributed by atoms with van der Waals surface area (Å²) < 4.78 is 35.2. The summed E-state index contributed by atoms with van der Waals surface area (Å²) in [5, 5.41) is 1.87. The van der Waals surface area contributed by atoms with Crippen LogP contribution in [-0.2, 0) is 4.79 Å². The molecule has 1 amide bonds. The Hall–Kier alpha value is -0.490. The highest BCUT2D eigenvalue weighted by atomic mass is 35.5. The Morgan fingerprint density at radius 2 is 2.00 bits per heavy atom. The molecule has 0 radical (unpaired) electrons. The lowest BCUT2D eigenvalue weighted by Crippen LogP contribution is -2.37. The van der Waals surface area contributed by atoms with E-state index < -0.39 is 18.6 Å². The van der Waals surface area contributed by atoms with Gasteiger partial charge in [-0.3, -0.25) is 4.79 Å². The van der Waals surface area contributed by atoms with Gasteiger partial charge in [0.05, 0.1) is 0 Å². The molecular formula is C8H14ClF3N2O. The van der Waals surface area contributed by atoms with Gasteiger partial charge in [0.2, 0.25) is 5.91 Å². The van der Waals surface area contributed by atoms with Crippen LogP contribution in [0.3, 0.4) is 0 Å². The summed E-state index contributed by atoms with van der Waals surface area (Å²) >= 11 is 0. The lowest BCUT2D eigenvalue weighted by molar-refractivity contribution is -0.140. The van der Waals surface area contributed by atoms with Gasteiger partial charge in [-0.25, -0.2) is 0 Å². The van der Waals surface area contributed by atoms with Crippen molar-refractivity contribution in [3.8, 4) is 0 Å². The largest absolute Gasteiger partial charge is 0.405 e. The van der Waals surface area contributed by atoms with Crippen LogP contribution in [0.4, 0.5) is 13.2 Å². The maximum Gasteiger partial charge on any atom is 0.405 e. The SMILES string of the molecule is Cl.NC1CCC(C(=O)NCC(F)(F)F)C1. The number of carbonyl (C=O) groups excluding carboxylic acids is 1. The van der Waals surface area contributed by atoms with Gasteiger partial charge in [0.1, 0.15) is 6.54 Å². The Balaban J connectivity index is 0.00000196. The number of amides is 1. The molecule has 1 rings (SSSR count). The van der Waals surface area contributed by atoms with Crippen molar-refractivity contribution in [2.24, 2.45) is 11.7 Å². The minimum Gasteiger partial charge on any atom is -0.347 e. The topological polar surface area (TPSA) is 55.1 Å². The number of hydrogen-bond acceptors (Lipinski definition) is 2. The summed E-state index contributed by atoms with van der Waals surface area (Å²) in [6.45, 7) is -1.25. The predicted molar refractivity (Wildman–Crippen MR) is 51.6 cm³/mol. The Bertz CT molecular complexity index is 222. The van der Waals surface area contributed by atoms with Crippen LogP contribution in [0.2, 0.25) is 0 Å². The smallest absolute Gasteiger partial charge is 0.347 e. The van der Waals surface area contributed by atoms with Gasteiger partial charge < -0.3 is 11.1 Å². The van der Waals surface area contributed by atoms with E-state index >= 15 is 0 Å². The number of halogens is 4. The molecule has 0 aromatic heterocycles. The third-order valence-corrected chi connectivity index (χ3v) is 2.31. The average molecular weight is 247 g/mol. The first-order valence-corrected chi connectivity index (χ1v) is 4.48. The van der Waals surface area contributed by atoms with Crippen LogP contribution < -0.4 is 11.1 Å². The monoisotopic (exact) mass is 246 g/mol. The van der Waals surface area contributed by atoms with Crippen molar-refractivity contribution >= 4 is 18.3 Å². The summed E-state index contributed by atoms with van der Waals surface area (Å²) in [6, 6.07) is -0.0448. The van der Waals surface area contributed by atoms with E-state index in [0.29, 0.717) is 19.3 Å². The molecule has 0 heterocycles. The van der Waals surface area contributed by atoms with E-state index in [-0.39, 0.29) is 24.4 Å². The van der Waals surface area contributed by atoms with Gasteiger partial charge in [-0.1, -0.05) is 0 Å². The highest BCUT2D eigenvalue weighted by Crippen LogP contribution is 2.24. The maximum atomic E-state index is 11.7. The van der Waals surface area contributed by atoms with Crippen LogP contribution in [0.5, 0.6) is 0 Å². The van der Waals surface area contributed by atoms with Crippen LogP contribution in [0, 0.1) is 5.92 Å². The molecule has 90 valence electrons. The fourth-order valence-corrected chi connectivity index (χ4v) is 1.59. The fourth-order valence-electron chi connectivity index (χ4n) is 1.59. The van der Waals surface area contributed by atoms with Crippen LogP contribution in [0.1, 0.15) is 19.3 Å². The summed E-state index contributed by atoms with van der Waals surface area (Å²) in [7, 11) is 0. The van der Waals surface area contributed by atoms with E-state index in [1.807, 2.05) is 5.32 Å². The second-order valence-electron chi connectivity index (χ2n) is 3.60. The van der Waals surface area contributed by atoms with Gasteiger partial charge in [0.25, 0.3) is 0 Å². The van der Waals surface area contributed by atoms with Gasteiger partial charge in [-0.15, -0.1) is 12.4 Å². The number of rotatable bonds is 2. The van der Waals surface area contributed by atoms with Gasteiger partial charge in [0, 0.05) is 12.0 Å². The van der Waals surface area contributed by atoms with Crippen molar-refractivity contribution in [3.05, 3.63) is 0 Å². The fraction of sp³-hybridized carbons (Fsp3) is 0.875. The molecule has 1 fully saturated rings. The minimum absolute atomic E-state index is 0. The maximum absolute atomic E-state index is 11.7. The van der Waals surface area contributed by atoms with Gasteiger partial charge >= 0.3 is 6.18 Å². The van der Waals surface area contributed by atoms with Crippen molar-refractivity contribution in [3.63, 3.8) is 0 Å². The summed E-state index contributed by atoms with van der Waals surface area (Å²) in [5.41, 5.74) is 5.54. The van der Waals surface area contributed by atoms with Crippen LogP contribution in [-0.4, -0.2) is 24.7 Å². The Labute approximate surface area is 92.0 Å². The molecule has 1 saturated carbocycles. The molecular weight excluding hydrogens is 233 g/mol. The highest BCUT2D eigenvalue weighted by Gasteiger charge is 2.32. The minimum atomic E-state index is -4.34. The molecule has 15 heavy (non-hydrogen) atoms. The molecule has 2 atom stereocenters.